The van der Waals surface area contributed by atoms with Gasteiger partial charge in [0.2, 0.25) is 11.7 Å². The van der Waals surface area contributed by atoms with Crippen LogP contribution in [-0.4, -0.2) is 70.3 Å². The lowest BCUT2D eigenvalue weighted by atomic mass is 10.1. The molecule has 30 heavy (non-hydrogen) atoms. The van der Waals surface area contributed by atoms with Crippen molar-refractivity contribution < 1.29 is 18.8 Å². The maximum Gasteiger partial charge on any atom is 0.254 e. The van der Waals surface area contributed by atoms with Gasteiger partial charge in [0.25, 0.3) is 5.91 Å². The summed E-state index contributed by atoms with van der Waals surface area (Å²) in [6, 6.07) is 7.54. The molecule has 2 fully saturated rings. The summed E-state index contributed by atoms with van der Waals surface area (Å²) < 4.78 is 16.5. The van der Waals surface area contributed by atoms with Gasteiger partial charge >= 0.3 is 0 Å². The van der Waals surface area contributed by atoms with Gasteiger partial charge in [0.05, 0.1) is 12.2 Å². The molecule has 2 saturated heterocycles. The lowest BCUT2D eigenvalue weighted by molar-refractivity contribution is -0.0715. The molecule has 8 nitrogen and oxygen atoms in total. The SMILES string of the molecule is Cc1nc(COc2ccc(C(=O)N3CCCC3CN3CC(C)OC(C)C3)cc2)no1. The highest BCUT2D eigenvalue weighted by molar-refractivity contribution is 5.94. The molecule has 3 atom stereocenters. The van der Waals surface area contributed by atoms with Crippen LogP contribution >= 0.6 is 0 Å². The summed E-state index contributed by atoms with van der Waals surface area (Å²) in [6.45, 7) is 9.78. The van der Waals surface area contributed by atoms with E-state index in [0.29, 0.717) is 23.0 Å². The number of amides is 1. The summed E-state index contributed by atoms with van der Waals surface area (Å²) in [7, 11) is 0. The molecule has 2 aliphatic heterocycles. The Morgan fingerprint density at radius 3 is 2.60 bits per heavy atom. The van der Waals surface area contributed by atoms with Crippen LogP contribution < -0.4 is 4.74 Å². The molecule has 0 radical (unpaired) electrons. The summed E-state index contributed by atoms with van der Waals surface area (Å²) in [5.74, 6) is 1.77. The summed E-state index contributed by atoms with van der Waals surface area (Å²) >= 11 is 0. The van der Waals surface area contributed by atoms with Crippen molar-refractivity contribution in [1.29, 1.82) is 0 Å². The van der Waals surface area contributed by atoms with Crippen LogP contribution in [-0.2, 0) is 11.3 Å². The van der Waals surface area contributed by atoms with Gasteiger partial charge in [-0.2, -0.15) is 4.98 Å². The van der Waals surface area contributed by atoms with Crippen molar-refractivity contribution in [2.75, 3.05) is 26.2 Å². The number of hydrogen-bond donors (Lipinski definition) is 0. The van der Waals surface area contributed by atoms with E-state index in [9.17, 15) is 4.79 Å². The molecule has 8 heteroatoms. The van der Waals surface area contributed by atoms with E-state index in [1.54, 1.807) is 6.92 Å². The van der Waals surface area contributed by atoms with Gasteiger partial charge in [-0.1, -0.05) is 5.16 Å². The van der Waals surface area contributed by atoms with Crippen molar-refractivity contribution in [3.05, 3.63) is 41.5 Å². The molecule has 0 N–H and O–H groups in total. The zero-order chi connectivity index (χ0) is 21.1. The minimum Gasteiger partial charge on any atom is -0.485 e. The molecule has 0 aliphatic carbocycles. The van der Waals surface area contributed by atoms with Gasteiger partial charge < -0.3 is 18.9 Å². The summed E-state index contributed by atoms with van der Waals surface area (Å²) in [5, 5.41) is 3.81. The molecular weight excluding hydrogens is 384 g/mol. The Balaban J connectivity index is 1.34. The summed E-state index contributed by atoms with van der Waals surface area (Å²) in [6.07, 6.45) is 2.58. The Bertz CT molecular complexity index is 843. The molecule has 0 saturated carbocycles. The normalized spacial score (nSPS) is 24.9. The largest absolute Gasteiger partial charge is 0.485 e. The minimum atomic E-state index is 0.0900. The van der Waals surface area contributed by atoms with Gasteiger partial charge in [-0.05, 0) is 51.0 Å². The Kier molecular flexibility index (Phi) is 6.34. The number of aryl methyl sites for hydroxylation is 1. The fourth-order valence-electron chi connectivity index (χ4n) is 4.43. The molecule has 3 unspecified atom stereocenters. The zero-order valence-corrected chi connectivity index (χ0v) is 17.9. The van der Waals surface area contributed by atoms with Gasteiger partial charge in [-0.25, -0.2) is 0 Å². The fourth-order valence-corrected chi connectivity index (χ4v) is 4.43. The Morgan fingerprint density at radius 2 is 1.93 bits per heavy atom. The molecule has 2 aromatic rings. The lowest BCUT2D eigenvalue weighted by Crippen LogP contribution is -2.50. The predicted molar refractivity (Wildman–Crippen MR) is 110 cm³/mol. The molecule has 1 amide bonds. The number of hydrogen-bond acceptors (Lipinski definition) is 7. The van der Waals surface area contributed by atoms with Crippen molar-refractivity contribution in [2.45, 2.75) is 58.5 Å². The monoisotopic (exact) mass is 414 g/mol. The van der Waals surface area contributed by atoms with E-state index < -0.39 is 0 Å². The second-order valence-electron chi connectivity index (χ2n) is 8.31. The molecule has 3 heterocycles. The van der Waals surface area contributed by atoms with Gasteiger partial charge in [0.15, 0.2) is 6.61 Å². The highest BCUT2D eigenvalue weighted by Crippen LogP contribution is 2.24. The third kappa shape index (κ3) is 4.99. The van der Waals surface area contributed by atoms with Gasteiger partial charge in [-0.15, -0.1) is 0 Å². The maximum atomic E-state index is 13.1. The van der Waals surface area contributed by atoms with E-state index in [0.717, 1.165) is 39.0 Å². The van der Waals surface area contributed by atoms with E-state index >= 15 is 0 Å². The number of carbonyl (C=O) groups is 1. The molecule has 1 aromatic heterocycles. The molecular formula is C22H30N4O4. The average Bonchev–Trinajstić information content (AvgIpc) is 3.34. The first-order chi connectivity index (χ1) is 14.5. The van der Waals surface area contributed by atoms with Crippen molar-refractivity contribution >= 4 is 5.91 Å². The Morgan fingerprint density at radius 1 is 1.20 bits per heavy atom. The molecule has 162 valence electrons. The van der Waals surface area contributed by atoms with Crippen LogP contribution in [0, 0.1) is 6.92 Å². The molecule has 0 bridgehead atoms. The van der Waals surface area contributed by atoms with Gasteiger partial charge in [0.1, 0.15) is 5.75 Å². The average molecular weight is 415 g/mol. The smallest absolute Gasteiger partial charge is 0.254 e. The second kappa shape index (κ2) is 9.14. The van der Waals surface area contributed by atoms with Crippen LogP contribution in [0.2, 0.25) is 0 Å². The van der Waals surface area contributed by atoms with Crippen LogP contribution in [0.4, 0.5) is 0 Å². The first-order valence-electron chi connectivity index (χ1n) is 10.7. The van der Waals surface area contributed by atoms with Crippen LogP contribution in [0.25, 0.3) is 0 Å². The first kappa shape index (κ1) is 20.8. The number of rotatable bonds is 6. The van der Waals surface area contributed by atoms with Crippen molar-refractivity contribution in [2.24, 2.45) is 0 Å². The van der Waals surface area contributed by atoms with E-state index in [1.165, 1.54) is 0 Å². The predicted octanol–water partition coefficient (Wildman–Crippen LogP) is 2.67. The van der Waals surface area contributed by atoms with Crippen LogP contribution in [0.5, 0.6) is 5.75 Å². The standard InChI is InChI=1S/C22H30N4O4/c1-15-11-25(12-16(2)29-15)13-19-5-4-10-26(19)22(27)18-6-8-20(9-7-18)28-14-21-23-17(3)30-24-21/h6-9,15-16,19H,4-5,10-14H2,1-3H3. The Labute approximate surface area is 177 Å². The summed E-state index contributed by atoms with van der Waals surface area (Å²) in [5.41, 5.74) is 0.688. The molecule has 0 spiro atoms. The topological polar surface area (TPSA) is 80.9 Å². The highest BCUT2D eigenvalue weighted by atomic mass is 16.5. The molecule has 1 aromatic carbocycles. The van der Waals surface area contributed by atoms with Crippen molar-refractivity contribution in [1.82, 2.24) is 19.9 Å². The number of nitrogens with zero attached hydrogens (tertiary/aromatic N) is 4. The number of likely N-dealkylation sites (tertiary alicyclic amines) is 1. The lowest BCUT2D eigenvalue weighted by Gasteiger charge is -2.38. The first-order valence-corrected chi connectivity index (χ1v) is 10.7. The van der Waals surface area contributed by atoms with Crippen molar-refractivity contribution in [3.63, 3.8) is 0 Å². The van der Waals surface area contributed by atoms with E-state index in [-0.39, 0.29) is 30.8 Å². The van der Waals surface area contributed by atoms with Gasteiger partial charge in [-0.3, -0.25) is 9.69 Å². The van der Waals surface area contributed by atoms with Crippen LogP contribution in [0.15, 0.2) is 28.8 Å². The zero-order valence-electron chi connectivity index (χ0n) is 17.9. The highest BCUT2D eigenvalue weighted by Gasteiger charge is 2.32. The second-order valence-corrected chi connectivity index (χ2v) is 8.31. The van der Waals surface area contributed by atoms with Gasteiger partial charge in [0, 0.05) is 44.7 Å². The van der Waals surface area contributed by atoms with Crippen LogP contribution in [0.1, 0.15) is 48.8 Å². The van der Waals surface area contributed by atoms with E-state index in [4.69, 9.17) is 14.0 Å². The third-order valence-electron chi connectivity index (χ3n) is 5.64. The maximum absolute atomic E-state index is 13.1. The van der Waals surface area contributed by atoms with E-state index in [2.05, 4.69) is 28.9 Å². The number of carbonyl (C=O) groups excluding carboxylic acids is 1. The van der Waals surface area contributed by atoms with E-state index in [1.807, 2.05) is 29.2 Å². The number of ether oxygens (including phenoxy) is 2. The minimum absolute atomic E-state index is 0.0900. The van der Waals surface area contributed by atoms with Crippen LogP contribution in [0.3, 0.4) is 0 Å². The number of benzene rings is 1. The molecule has 4 rings (SSSR count). The number of aromatic nitrogens is 2. The third-order valence-corrected chi connectivity index (χ3v) is 5.64. The quantitative estimate of drug-likeness (QED) is 0.719. The molecule has 2 aliphatic rings. The van der Waals surface area contributed by atoms with Crippen molar-refractivity contribution in [3.8, 4) is 5.75 Å². The number of morpholine rings is 1. The summed E-state index contributed by atoms with van der Waals surface area (Å²) in [4.78, 5) is 21.7. The fraction of sp³-hybridized carbons (Fsp3) is 0.591. The Hall–Kier alpha value is -2.45.